The monoisotopic (exact) mass is 287 g/mol. The smallest absolute Gasteiger partial charge is 0.270 e. The minimum absolute atomic E-state index is 0.0753. The number of nitrogens with zero attached hydrogens (tertiary/aromatic N) is 2. The predicted molar refractivity (Wildman–Crippen MR) is 73.5 cm³/mol. The predicted octanol–water partition coefficient (Wildman–Crippen LogP) is 0.925. The maximum atomic E-state index is 11.9. The van der Waals surface area contributed by atoms with Gasteiger partial charge in [-0.3, -0.25) is 4.79 Å². The maximum absolute atomic E-state index is 11.9. The van der Waals surface area contributed by atoms with E-state index in [1.54, 1.807) is 17.1 Å². The molecule has 5 nitrogen and oxygen atoms in total. The van der Waals surface area contributed by atoms with Crippen LogP contribution in [0.4, 0.5) is 0 Å². The summed E-state index contributed by atoms with van der Waals surface area (Å²) in [6.07, 6.45) is 2.03. The molecule has 1 atom stereocenters. The number of thioether (sulfide) groups is 1. The first-order valence-corrected chi connectivity index (χ1v) is 7.87. The molecule has 1 aliphatic rings. The summed E-state index contributed by atoms with van der Waals surface area (Å²) in [5.74, 6) is -0.122. The quantitative estimate of drug-likeness (QED) is 0.835. The van der Waals surface area contributed by atoms with E-state index in [2.05, 4.69) is 22.2 Å². The van der Waals surface area contributed by atoms with Crippen molar-refractivity contribution >= 4 is 29.0 Å². The Kier molecular flexibility index (Phi) is 4.99. The summed E-state index contributed by atoms with van der Waals surface area (Å²) < 4.78 is 6.49. The van der Waals surface area contributed by atoms with Gasteiger partial charge in [0.15, 0.2) is 0 Å². The topological polar surface area (TPSA) is 54.5 Å². The highest BCUT2D eigenvalue weighted by Crippen LogP contribution is 2.19. The molecule has 1 amide bonds. The van der Waals surface area contributed by atoms with Crippen molar-refractivity contribution in [2.24, 2.45) is 0 Å². The Labute approximate surface area is 115 Å². The van der Waals surface area contributed by atoms with E-state index in [0.29, 0.717) is 12.2 Å². The summed E-state index contributed by atoms with van der Waals surface area (Å²) in [6, 6.07) is 0. The van der Waals surface area contributed by atoms with Gasteiger partial charge in [-0.05, 0) is 13.3 Å². The molecule has 0 aliphatic carbocycles. The van der Waals surface area contributed by atoms with Crippen molar-refractivity contribution in [2.75, 3.05) is 39.5 Å². The zero-order valence-electron chi connectivity index (χ0n) is 10.5. The van der Waals surface area contributed by atoms with Crippen LogP contribution >= 0.6 is 23.1 Å². The van der Waals surface area contributed by atoms with Gasteiger partial charge in [0.1, 0.15) is 10.0 Å². The van der Waals surface area contributed by atoms with Crippen LogP contribution in [0.2, 0.25) is 0 Å². The van der Waals surface area contributed by atoms with E-state index in [9.17, 15) is 4.79 Å². The van der Waals surface area contributed by atoms with E-state index in [1.165, 1.54) is 11.3 Å². The molecule has 18 heavy (non-hydrogen) atoms. The third kappa shape index (κ3) is 3.68. The fraction of sp³-hybridized carbons (Fsp3) is 0.636. The summed E-state index contributed by atoms with van der Waals surface area (Å²) in [6.45, 7) is 3.07. The molecular formula is C11H17N3O2S2. The van der Waals surface area contributed by atoms with E-state index >= 15 is 0 Å². The molecule has 1 aromatic heterocycles. The van der Waals surface area contributed by atoms with Crippen molar-refractivity contribution in [3.05, 3.63) is 11.1 Å². The van der Waals surface area contributed by atoms with Crippen LogP contribution in [0.3, 0.4) is 0 Å². The van der Waals surface area contributed by atoms with Gasteiger partial charge in [-0.1, -0.05) is 11.8 Å². The van der Waals surface area contributed by atoms with Gasteiger partial charge < -0.3 is 15.0 Å². The van der Waals surface area contributed by atoms with Crippen LogP contribution < -0.4 is 5.32 Å². The molecule has 1 aliphatic heterocycles. The number of hydrogen-bond acceptors (Lipinski definition) is 6. The highest BCUT2D eigenvalue weighted by molar-refractivity contribution is 8.00. The van der Waals surface area contributed by atoms with Gasteiger partial charge in [-0.15, -0.1) is 11.3 Å². The minimum atomic E-state index is -0.122. The molecule has 0 spiro atoms. The van der Waals surface area contributed by atoms with Gasteiger partial charge in [0.25, 0.3) is 5.91 Å². The molecule has 0 unspecified atom stereocenters. The Morgan fingerprint density at radius 2 is 2.61 bits per heavy atom. The SMILES string of the molecule is CSc1nc(C(=O)NC[C@@H]2CN(C)CCO2)cs1. The first-order chi connectivity index (χ1) is 8.69. The van der Waals surface area contributed by atoms with Gasteiger partial charge in [-0.25, -0.2) is 4.98 Å². The van der Waals surface area contributed by atoms with Crippen molar-refractivity contribution in [3.8, 4) is 0 Å². The average molecular weight is 287 g/mol. The number of carbonyl (C=O) groups is 1. The Morgan fingerprint density at radius 3 is 3.28 bits per heavy atom. The van der Waals surface area contributed by atoms with Crippen LogP contribution in [0.15, 0.2) is 9.72 Å². The summed E-state index contributed by atoms with van der Waals surface area (Å²) in [5.41, 5.74) is 0.494. The van der Waals surface area contributed by atoms with Crippen LogP contribution in [-0.4, -0.2) is 61.4 Å². The van der Waals surface area contributed by atoms with Crippen molar-refractivity contribution in [3.63, 3.8) is 0 Å². The molecular weight excluding hydrogens is 270 g/mol. The van der Waals surface area contributed by atoms with Gasteiger partial charge >= 0.3 is 0 Å². The summed E-state index contributed by atoms with van der Waals surface area (Å²) in [4.78, 5) is 18.3. The third-order valence-electron chi connectivity index (χ3n) is 2.72. The summed E-state index contributed by atoms with van der Waals surface area (Å²) in [7, 11) is 2.06. The molecule has 1 N–H and O–H groups in total. The largest absolute Gasteiger partial charge is 0.374 e. The number of carbonyl (C=O) groups excluding carboxylic acids is 1. The molecule has 0 aromatic carbocycles. The molecule has 0 radical (unpaired) electrons. The van der Waals surface area contributed by atoms with E-state index in [0.717, 1.165) is 24.0 Å². The lowest BCUT2D eigenvalue weighted by molar-refractivity contribution is -0.0175. The van der Waals surface area contributed by atoms with Crippen LogP contribution in [-0.2, 0) is 4.74 Å². The third-order valence-corrected chi connectivity index (χ3v) is 4.59. The van der Waals surface area contributed by atoms with Gasteiger partial charge in [0.2, 0.25) is 0 Å². The highest BCUT2D eigenvalue weighted by atomic mass is 32.2. The number of nitrogens with one attached hydrogen (secondary N) is 1. The molecule has 7 heteroatoms. The normalized spacial score (nSPS) is 20.9. The second-order valence-electron chi connectivity index (χ2n) is 4.17. The minimum Gasteiger partial charge on any atom is -0.374 e. The van der Waals surface area contributed by atoms with Crippen molar-refractivity contribution < 1.29 is 9.53 Å². The number of amides is 1. The zero-order valence-corrected chi connectivity index (χ0v) is 12.1. The molecule has 0 saturated carbocycles. The highest BCUT2D eigenvalue weighted by Gasteiger charge is 2.19. The van der Waals surface area contributed by atoms with Gasteiger partial charge in [0.05, 0.1) is 12.7 Å². The number of morpholine rings is 1. The van der Waals surface area contributed by atoms with Crippen molar-refractivity contribution in [1.82, 2.24) is 15.2 Å². The second kappa shape index (κ2) is 6.51. The van der Waals surface area contributed by atoms with Crippen LogP contribution in [0.5, 0.6) is 0 Å². The number of aromatic nitrogens is 1. The molecule has 2 rings (SSSR count). The lowest BCUT2D eigenvalue weighted by Gasteiger charge is -2.29. The van der Waals surface area contributed by atoms with Crippen molar-refractivity contribution in [2.45, 2.75) is 10.4 Å². The Morgan fingerprint density at radius 1 is 1.78 bits per heavy atom. The molecule has 1 saturated heterocycles. The molecule has 1 aromatic rings. The molecule has 0 bridgehead atoms. The molecule has 2 heterocycles. The molecule has 100 valence electrons. The Hall–Kier alpha value is -0.630. The molecule has 1 fully saturated rings. The lowest BCUT2D eigenvalue weighted by Crippen LogP contribution is -2.45. The maximum Gasteiger partial charge on any atom is 0.270 e. The lowest BCUT2D eigenvalue weighted by atomic mass is 10.3. The summed E-state index contributed by atoms with van der Waals surface area (Å²) >= 11 is 3.04. The first-order valence-electron chi connectivity index (χ1n) is 5.77. The number of rotatable bonds is 4. The Balaban J connectivity index is 1.80. The van der Waals surface area contributed by atoms with Crippen LogP contribution in [0.1, 0.15) is 10.5 Å². The second-order valence-corrected chi connectivity index (χ2v) is 6.08. The van der Waals surface area contributed by atoms with Crippen molar-refractivity contribution in [1.29, 1.82) is 0 Å². The van der Waals surface area contributed by atoms with Gasteiger partial charge in [0, 0.05) is 25.0 Å². The number of thiazole rings is 1. The van der Waals surface area contributed by atoms with E-state index < -0.39 is 0 Å². The average Bonchev–Trinajstić information content (AvgIpc) is 2.85. The first kappa shape index (κ1) is 13.8. The zero-order chi connectivity index (χ0) is 13.0. The van der Waals surface area contributed by atoms with E-state index in [4.69, 9.17) is 4.74 Å². The fourth-order valence-electron chi connectivity index (χ4n) is 1.74. The van der Waals surface area contributed by atoms with Gasteiger partial charge in [-0.2, -0.15) is 0 Å². The standard InChI is InChI=1S/C11H17N3O2S2/c1-14-3-4-16-8(6-14)5-12-10(15)9-7-18-11(13-9)17-2/h7-8H,3-6H2,1-2H3,(H,12,15)/t8-/m1/s1. The van der Waals surface area contributed by atoms with Crippen LogP contribution in [0, 0.1) is 0 Å². The number of ether oxygens (including phenoxy) is 1. The number of likely N-dealkylation sites (N-methyl/N-ethyl adjacent to an activating group) is 1. The Bertz CT molecular complexity index is 411. The van der Waals surface area contributed by atoms with E-state index in [1.807, 2.05) is 6.26 Å². The number of hydrogen-bond donors (Lipinski definition) is 1. The fourth-order valence-corrected chi connectivity index (χ4v) is 2.98. The van der Waals surface area contributed by atoms with E-state index in [-0.39, 0.29) is 12.0 Å². The van der Waals surface area contributed by atoms with Crippen LogP contribution in [0.25, 0.3) is 0 Å². The summed E-state index contributed by atoms with van der Waals surface area (Å²) in [5, 5.41) is 4.66.